The van der Waals surface area contributed by atoms with Crippen LogP contribution in [-0.4, -0.2) is 26.2 Å². The fourth-order valence-corrected chi connectivity index (χ4v) is 1.48. The molecule has 0 heterocycles. The minimum Gasteiger partial charge on any atom is -0.465 e. The van der Waals surface area contributed by atoms with Gasteiger partial charge in [0.15, 0.2) is 0 Å². The van der Waals surface area contributed by atoms with Crippen LogP contribution in [0.25, 0.3) is 0 Å². The minimum atomic E-state index is -0.654. The lowest BCUT2D eigenvalue weighted by Gasteiger charge is -2.08. The van der Waals surface area contributed by atoms with Gasteiger partial charge in [-0.15, -0.1) is 0 Å². The number of ether oxygens (including phenoxy) is 2. The first-order valence-corrected chi connectivity index (χ1v) is 4.64. The van der Waals surface area contributed by atoms with Crippen LogP contribution in [0.4, 0.5) is 5.69 Å². The molecule has 5 nitrogen and oxygen atoms in total. The highest BCUT2D eigenvalue weighted by Crippen LogP contribution is 2.25. The topological polar surface area (TPSA) is 78.6 Å². The quantitative estimate of drug-likeness (QED) is 0.629. The highest BCUT2D eigenvalue weighted by Gasteiger charge is 2.18. The number of carbonyl (C=O) groups is 2. The van der Waals surface area contributed by atoms with Gasteiger partial charge in [0.2, 0.25) is 0 Å². The van der Waals surface area contributed by atoms with E-state index in [0.717, 1.165) is 0 Å². The van der Waals surface area contributed by atoms with E-state index >= 15 is 0 Å². The lowest BCUT2D eigenvalue weighted by molar-refractivity contribution is 0.0587. The average Bonchev–Trinajstić information content (AvgIpc) is 2.26. The molecular formula is C10H10ClNO4. The van der Waals surface area contributed by atoms with Crippen molar-refractivity contribution in [1.82, 2.24) is 0 Å². The molecule has 0 saturated heterocycles. The molecule has 1 aromatic rings. The van der Waals surface area contributed by atoms with E-state index in [4.69, 9.17) is 17.3 Å². The van der Waals surface area contributed by atoms with E-state index in [1.807, 2.05) is 0 Å². The van der Waals surface area contributed by atoms with E-state index in [2.05, 4.69) is 9.47 Å². The average molecular weight is 244 g/mol. The zero-order chi connectivity index (χ0) is 12.3. The number of anilines is 1. The number of methoxy groups -OCH3 is 2. The lowest BCUT2D eigenvalue weighted by atomic mass is 10.1. The Morgan fingerprint density at radius 1 is 1.19 bits per heavy atom. The summed E-state index contributed by atoms with van der Waals surface area (Å²) in [5.74, 6) is -1.23. The van der Waals surface area contributed by atoms with Crippen molar-refractivity contribution in [2.75, 3.05) is 20.0 Å². The molecular weight excluding hydrogens is 234 g/mol. The predicted molar refractivity (Wildman–Crippen MR) is 58.5 cm³/mol. The number of hydrogen-bond acceptors (Lipinski definition) is 5. The molecule has 0 aliphatic carbocycles. The number of halogens is 1. The number of benzene rings is 1. The zero-order valence-electron chi connectivity index (χ0n) is 8.74. The van der Waals surface area contributed by atoms with E-state index in [1.165, 1.54) is 26.4 Å². The molecule has 6 heteroatoms. The summed E-state index contributed by atoms with van der Waals surface area (Å²) in [6.07, 6.45) is 0. The maximum Gasteiger partial charge on any atom is 0.341 e. The third-order valence-corrected chi connectivity index (χ3v) is 2.23. The number of nitrogen functional groups attached to an aromatic ring is 1. The standard InChI is InChI=1S/C10H10ClNO4/c1-15-9(13)5-3-6(11)8(7(12)4-5)10(14)16-2/h3-4H,12H2,1-2H3. The molecule has 0 aliphatic heterocycles. The molecule has 0 amide bonds. The van der Waals surface area contributed by atoms with Gasteiger partial charge in [0.25, 0.3) is 0 Å². The second-order valence-corrected chi connectivity index (χ2v) is 3.31. The highest BCUT2D eigenvalue weighted by atomic mass is 35.5. The Morgan fingerprint density at radius 3 is 2.19 bits per heavy atom. The SMILES string of the molecule is COC(=O)c1cc(N)c(C(=O)OC)c(Cl)c1. The Balaban J connectivity index is 3.28. The van der Waals surface area contributed by atoms with Crippen molar-refractivity contribution in [3.63, 3.8) is 0 Å². The van der Waals surface area contributed by atoms with Gasteiger partial charge >= 0.3 is 11.9 Å². The van der Waals surface area contributed by atoms with E-state index in [0.29, 0.717) is 0 Å². The Morgan fingerprint density at radius 2 is 1.75 bits per heavy atom. The molecule has 0 bridgehead atoms. The number of hydrogen-bond donors (Lipinski definition) is 1. The van der Waals surface area contributed by atoms with Gasteiger partial charge in [-0.2, -0.15) is 0 Å². The number of carbonyl (C=O) groups excluding carboxylic acids is 2. The summed E-state index contributed by atoms with van der Waals surface area (Å²) in [4.78, 5) is 22.5. The van der Waals surface area contributed by atoms with Gasteiger partial charge in [-0.05, 0) is 12.1 Å². The van der Waals surface area contributed by atoms with Crippen LogP contribution in [0.1, 0.15) is 20.7 Å². The third kappa shape index (κ3) is 2.25. The van der Waals surface area contributed by atoms with Crippen molar-refractivity contribution < 1.29 is 19.1 Å². The van der Waals surface area contributed by atoms with Crippen LogP contribution < -0.4 is 5.73 Å². The fourth-order valence-electron chi connectivity index (χ4n) is 1.18. The first-order chi connectivity index (χ1) is 7.51. The Bertz CT molecular complexity index is 421. The Labute approximate surface area is 97.1 Å². The molecule has 0 unspecified atom stereocenters. The summed E-state index contributed by atoms with van der Waals surface area (Å²) < 4.78 is 9.01. The Hall–Kier alpha value is -1.75. The molecule has 0 atom stereocenters. The van der Waals surface area contributed by atoms with Gasteiger partial charge < -0.3 is 15.2 Å². The summed E-state index contributed by atoms with van der Waals surface area (Å²) in [6.45, 7) is 0. The third-order valence-electron chi connectivity index (χ3n) is 1.93. The molecule has 0 aliphatic rings. The van der Waals surface area contributed by atoms with Crippen molar-refractivity contribution >= 4 is 29.2 Å². The highest BCUT2D eigenvalue weighted by molar-refractivity contribution is 6.34. The van der Waals surface area contributed by atoms with Gasteiger partial charge in [-0.1, -0.05) is 11.6 Å². The van der Waals surface area contributed by atoms with Crippen LogP contribution in [0.5, 0.6) is 0 Å². The zero-order valence-corrected chi connectivity index (χ0v) is 9.50. The number of esters is 2. The summed E-state index contributed by atoms with van der Waals surface area (Å²) in [7, 11) is 2.45. The van der Waals surface area contributed by atoms with Crippen molar-refractivity contribution in [3.8, 4) is 0 Å². The van der Waals surface area contributed by atoms with E-state index in [1.54, 1.807) is 0 Å². The monoisotopic (exact) mass is 243 g/mol. The summed E-state index contributed by atoms with van der Waals surface area (Å²) in [5.41, 5.74) is 5.88. The fraction of sp³-hybridized carbons (Fsp3) is 0.200. The normalized spacial score (nSPS) is 9.69. The molecule has 1 aromatic carbocycles. The van der Waals surface area contributed by atoms with Gasteiger partial charge in [0.05, 0.1) is 24.8 Å². The summed E-state index contributed by atoms with van der Waals surface area (Å²) >= 11 is 5.82. The molecule has 0 spiro atoms. The molecule has 0 saturated carbocycles. The second kappa shape index (κ2) is 4.85. The second-order valence-electron chi connectivity index (χ2n) is 2.91. The smallest absolute Gasteiger partial charge is 0.341 e. The first kappa shape index (κ1) is 12.3. The number of nitrogens with two attached hydrogens (primary N) is 1. The molecule has 1 rings (SSSR count). The predicted octanol–water partition coefficient (Wildman–Crippen LogP) is 1.50. The molecule has 16 heavy (non-hydrogen) atoms. The van der Waals surface area contributed by atoms with Crippen molar-refractivity contribution in [3.05, 3.63) is 28.3 Å². The van der Waals surface area contributed by atoms with E-state index in [-0.39, 0.29) is 21.8 Å². The van der Waals surface area contributed by atoms with Crippen LogP contribution in [0.2, 0.25) is 5.02 Å². The van der Waals surface area contributed by atoms with Gasteiger partial charge in [-0.3, -0.25) is 0 Å². The van der Waals surface area contributed by atoms with E-state index < -0.39 is 11.9 Å². The lowest BCUT2D eigenvalue weighted by Crippen LogP contribution is -2.09. The maximum atomic E-state index is 11.3. The van der Waals surface area contributed by atoms with E-state index in [9.17, 15) is 9.59 Å². The van der Waals surface area contributed by atoms with Crippen molar-refractivity contribution in [1.29, 1.82) is 0 Å². The molecule has 0 aromatic heterocycles. The summed E-state index contributed by atoms with van der Waals surface area (Å²) in [6, 6.07) is 2.61. The van der Waals surface area contributed by atoms with Crippen LogP contribution >= 0.6 is 11.6 Å². The molecule has 2 N–H and O–H groups in total. The molecule has 0 radical (unpaired) electrons. The van der Waals surface area contributed by atoms with Crippen molar-refractivity contribution in [2.45, 2.75) is 0 Å². The van der Waals surface area contributed by atoms with Crippen LogP contribution in [0.3, 0.4) is 0 Å². The first-order valence-electron chi connectivity index (χ1n) is 4.27. The largest absolute Gasteiger partial charge is 0.465 e. The Kier molecular flexibility index (Phi) is 3.73. The molecule has 86 valence electrons. The van der Waals surface area contributed by atoms with Gasteiger partial charge in [-0.25, -0.2) is 9.59 Å². The maximum absolute atomic E-state index is 11.3. The minimum absolute atomic E-state index is 0.0387. The number of rotatable bonds is 2. The van der Waals surface area contributed by atoms with Crippen LogP contribution in [-0.2, 0) is 9.47 Å². The van der Waals surface area contributed by atoms with Crippen molar-refractivity contribution in [2.24, 2.45) is 0 Å². The summed E-state index contributed by atoms with van der Waals surface area (Å²) in [5, 5.41) is 0.0484. The van der Waals surface area contributed by atoms with Gasteiger partial charge in [0, 0.05) is 5.69 Å². The molecule has 0 fully saturated rings. The van der Waals surface area contributed by atoms with Crippen LogP contribution in [0.15, 0.2) is 12.1 Å². The van der Waals surface area contributed by atoms with Crippen LogP contribution in [0, 0.1) is 0 Å². The van der Waals surface area contributed by atoms with Gasteiger partial charge in [0.1, 0.15) is 5.56 Å².